The zero-order chi connectivity index (χ0) is 22.4. The van der Waals surface area contributed by atoms with Gasteiger partial charge in [-0.25, -0.2) is 12.8 Å². The van der Waals surface area contributed by atoms with Gasteiger partial charge in [-0.3, -0.25) is 4.79 Å². The van der Waals surface area contributed by atoms with E-state index in [9.17, 15) is 30.8 Å². The van der Waals surface area contributed by atoms with Crippen LogP contribution in [-0.4, -0.2) is 49.7 Å². The molecule has 3 aromatic rings. The fraction of sp³-hybridized carbons (Fsp3) is 0.250. The summed E-state index contributed by atoms with van der Waals surface area (Å²) in [7, 11) is -3.98. The lowest BCUT2D eigenvalue weighted by molar-refractivity contribution is -0.137. The van der Waals surface area contributed by atoms with Gasteiger partial charge in [-0.1, -0.05) is 6.07 Å². The third kappa shape index (κ3) is 4.17. The van der Waals surface area contributed by atoms with Crippen LogP contribution in [0, 0.1) is 5.82 Å². The first-order chi connectivity index (χ1) is 14.6. The zero-order valence-electron chi connectivity index (χ0n) is 15.9. The maximum Gasteiger partial charge on any atom is 0.416 e. The second-order valence-corrected chi connectivity index (χ2v) is 10.0. The molecule has 0 saturated carbocycles. The molecule has 0 unspecified atom stereocenters. The monoisotopic (exact) mass is 472 g/mol. The van der Waals surface area contributed by atoms with Gasteiger partial charge in [-0.05, 0) is 42.5 Å². The van der Waals surface area contributed by atoms with Gasteiger partial charge in [0.25, 0.3) is 5.91 Å². The standard InChI is InChI=1S/C20H16F4N2O3S2/c21-16-2-1-3-17-15(16)12-18(30-17)19(27)25-8-10-26(11-9-25)31(28,29)14-6-4-13(5-7-14)20(22,23)24/h1-7,12H,8-11H2. The number of carbonyl (C=O) groups is 1. The molecular formula is C20H16F4N2O3S2. The summed E-state index contributed by atoms with van der Waals surface area (Å²) in [5, 5.41) is 0.361. The number of amides is 1. The SMILES string of the molecule is O=C(c1cc2c(F)cccc2s1)N1CCN(S(=O)(=O)c2ccc(C(F)(F)F)cc2)CC1. The summed E-state index contributed by atoms with van der Waals surface area (Å²) < 4.78 is 79.3. The van der Waals surface area contributed by atoms with E-state index < -0.39 is 27.6 Å². The number of piperazine rings is 1. The topological polar surface area (TPSA) is 57.7 Å². The van der Waals surface area contributed by atoms with E-state index >= 15 is 0 Å². The largest absolute Gasteiger partial charge is 0.416 e. The van der Waals surface area contributed by atoms with Crippen molar-refractivity contribution in [2.24, 2.45) is 0 Å². The molecule has 0 aliphatic carbocycles. The van der Waals surface area contributed by atoms with Gasteiger partial charge in [0, 0.05) is 36.3 Å². The smallest absolute Gasteiger partial charge is 0.335 e. The summed E-state index contributed by atoms with van der Waals surface area (Å²) in [5.41, 5.74) is -0.929. The lowest BCUT2D eigenvalue weighted by Gasteiger charge is -2.33. The Labute approximate surface area is 179 Å². The predicted octanol–water partition coefficient (Wildman–Crippen LogP) is 4.21. The van der Waals surface area contributed by atoms with E-state index in [1.807, 2.05) is 0 Å². The first-order valence-corrected chi connectivity index (χ1v) is 11.5. The summed E-state index contributed by atoms with van der Waals surface area (Å²) >= 11 is 1.16. The molecule has 0 spiro atoms. The van der Waals surface area contributed by atoms with Crippen LogP contribution in [0.25, 0.3) is 10.1 Å². The number of rotatable bonds is 3. The molecule has 1 fully saturated rings. The summed E-state index contributed by atoms with van der Waals surface area (Å²) in [6, 6.07) is 9.41. The minimum atomic E-state index is -4.55. The van der Waals surface area contributed by atoms with Crippen LogP contribution >= 0.6 is 11.3 Å². The molecule has 31 heavy (non-hydrogen) atoms. The molecule has 0 N–H and O–H groups in total. The van der Waals surface area contributed by atoms with Crippen molar-refractivity contribution < 1.29 is 30.8 Å². The quantitative estimate of drug-likeness (QED) is 0.537. The van der Waals surface area contributed by atoms with Gasteiger partial charge in [0.2, 0.25) is 10.0 Å². The fourth-order valence-electron chi connectivity index (χ4n) is 3.38. The average Bonchev–Trinajstić information content (AvgIpc) is 3.18. The maximum absolute atomic E-state index is 13.9. The Morgan fingerprint density at radius 2 is 1.61 bits per heavy atom. The Morgan fingerprint density at radius 1 is 0.968 bits per heavy atom. The van der Waals surface area contributed by atoms with Gasteiger partial charge in [0.05, 0.1) is 15.3 Å². The molecule has 2 heterocycles. The minimum absolute atomic E-state index is 0.00829. The first-order valence-electron chi connectivity index (χ1n) is 9.22. The van der Waals surface area contributed by atoms with Crippen molar-refractivity contribution >= 4 is 37.4 Å². The van der Waals surface area contributed by atoms with Crippen LogP contribution in [0.3, 0.4) is 0 Å². The summed E-state index contributed by atoms with van der Waals surface area (Å²) in [5.74, 6) is -0.729. The Bertz CT molecular complexity index is 1230. The molecule has 1 aromatic heterocycles. The van der Waals surface area contributed by atoms with Crippen LogP contribution < -0.4 is 0 Å². The lowest BCUT2D eigenvalue weighted by atomic mass is 10.2. The average molecular weight is 472 g/mol. The fourth-order valence-corrected chi connectivity index (χ4v) is 5.85. The van der Waals surface area contributed by atoms with Crippen LogP contribution in [0.5, 0.6) is 0 Å². The molecule has 1 amide bonds. The molecular weight excluding hydrogens is 456 g/mol. The third-order valence-corrected chi connectivity index (χ3v) is 8.07. The van der Waals surface area contributed by atoms with Crippen molar-refractivity contribution in [3.63, 3.8) is 0 Å². The van der Waals surface area contributed by atoms with Crippen LogP contribution in [0.4, 0.5) is 17.6 Å². The highest BCUT2D eigenvalue weighted by Crippen LogP contribution is 2.31. The van der Waals surface area contributed by atoms with E-state index in [1.165, 1.54) is 17.0 Å². The number of fused-ring (bicyclic) bond motifs is 1. The van der Waals surface area contributed by atoms with Gasteiger partial charge in [-0.15, -0.1) is 11.3 Å². The number of carbonyl (C=O) groups excluding carboxylic acids is 1. The number of sulfonamides is 1. The van der Waals surface area contributed by atoms with Crippen LogP contribution in [-0.2, 0) is 16.2 Å². The Balaban J connectivity index is 1.46. The number of halogens is 4. The molecule has 0 bridgehead atoms. The number of hydrogen-bond donors (Lipinski definition) is 0. The number of alkyl halides is 3. The zero-order valence-corrected chi connectivity index (χ0v) is 17.5. The normalized spacial score (nSPS) is 16.1. The number of hydrogen-bond acceptors (Lipinski definition) is 4. The van der Waals surface area contributed by atoms with Crippen molar-refractivity contribution in [3.8, 4) is 0 Å². The second-order valence-electron chi connectivity index (χ2n) is 6.98. The van der Waals surface area contributed by atoms with Gasteiger partial charge in [-0.2, -0.15) is 17.5 Å². The molecule has 11 heteroatoms. The molecule has 4 rings (SSSR count). The molecule has 0 radical (unpaired) electrons. The highest BCUT2D eigenvalue weighted by molar-refractivity contribution is 7.89. The van der Waals surface area contributed by atoms with Gasteiger partial charge in [0.15, 0.2) is 0 Å². The van der Waals surface area contributed by atoms with E-state index in [2.05, 4.69) is 0 Å². The van der Waals surface area contributed by atoms with Crippen molar-refractivity contribution in [1.82, 2.24) is 9.21 Å². The van der Waals surface area contributed by atoms with Crippen LogP contribution in [0.15, 0.2) is 53.4 Å². The number of thiophene rings is 1. The van der Waals surface area contributed by atoms with Crippen LogP contribution in [0.2, 0.25) is 0 Å². The predicted molar refractivity (Wildman–Crippen MR) is 108 cm³/mol. The van der Waals surface area contributed by atoms with E-state index in [4.69, 9.17) is 0 Å². The Hall–Kier alpha value is -2.50. The van der Waals surface area contributed by atoms with Gasteiger partial charge < -0.3 is 4.90 Å². The molecule has 1 saturated heterocycles. The molecule has 1 aliphatic rings. The molecule has 0 atom stereocenters. The highest BCUT2D eigenvalue weighted by atomic mass is 32.2. The van der Waals surface area contributed by atoms with Gasteiger partial charge in [0.1, 0.15) is 5.82 Å². The van der Waals surface area contributed by atoms with Crippen molar-refractivity contribution in [1.29, 1.82) is 0 Å². The summed E-state index contributed by atoms with van der Waals surface area (Å²) in [6.07, 6.45) is -4.55. The van der Waals surface area contributed by atoms with E-state index in [0.29, 0.717) is 15.0 Å². The Morgan fingerprint density at radius 3 is 2.19 bits per heavy atom. The molecule has 2 aromatic carbocycles. The molecule has 5 nitrogen and oxygen atoms in total. The Kier molecular flexibility index (Phi) is 5.52. The molecule has 164 valence electrons. The number of nitrogens with zero attached hydrogens (tertiary/aromatic N) is 2. The van der Waals surface area contributed by atoms with Gasteiger partial charge >= 0.3 is 6.18 Å². The maximum atomic E-state index is 13.9. The van der Waals surface area contributed by atoms with Crippen LogP contribution in [0.1, 0.15) is 15.2 Å². The highest BCUT2D eigenvalue weighted by Gasteiger charge is 2.33. The second kappa shape index (κ2) is 7.88. The summed E-state index contributed by atoms with van der Waals surface area (Å²) in [4.78, 5) is 14.4. The first kappa shape index (κ1) is 21.7. The van der Waals surface area contributed by atoms with Crippen molar-refractivity contribution in [2.45, 2.75) is 11.1 Å². The van der Waals surface area contributed by atoms with E-state index in [-0.39, 0.29) is 37.0 Å². The van der Waals surface area contributed by atoms with E-state index in [0.717, 1.165) is 39.9 Å². The van der Waals surface area contributed by atoms with Crippen molar-refractivity contribution in [2.75, 3.05) is 26.2 Å². The number of benzene rings is 2. The summed E-state index contributed by atoms with van der Waals surface area (Å²) in [6.45, 7) is 0.257. The minimum Gasteiger partial charge on any atom is -0.335 e. The lowest BCUT2D eigenvalue weighted by Crippen LogP contribution is -2.50. The third-order valence-electron chi connectivity index (χ3n) is 5.06. The van der Waals surface area contributed by atoms with Crippen molar-refractivity contribution in [3.05, 3.63) is 64.8 Å². The van der Waals surface area contributed by atoms with E-state index in [1.54, 1.807) is 12.1 Å². The molecule has 1 aliphatic heterocycles.